The van der Waals surface area contributed by atoms with Gasteiger partial charge in [-0.05, 0) is 37.5 Å². The maximum Gasteiger partial charge on any atom is 0.251 e. The predicted octanol–water partition coefficient (Wildman–Crippen LogP) is 1.63. The molecular formula is C11H18F3N3O. The highest BCUT2D eigenvalue weighted by atomic mass is 19.0. The van der Waals surface area contributed by atoms with Gasteiger partial charge in [0.25, 0.3) is 5.91 Å². The molecule has 0 aliphatic heterocycles. The number of nitrogens with one attached hydrogen (secondary N) is 2. The minimum atomic E-state index is -0.0194. The summed E-state index contributed by atoms with van der Waals surface area (Å²) in [4.78, 5) is 11.7. The molecule has 0 radical (unpaired) electrons. The molecule has 0 spiro atoms. The van der Waals surface area contributed by atoms with E-state index in [2.05, 4.69) is 10.7 Å². The molecule has 1 aromatic carbocycles. The summed E-state index contributed by atoms with van der Waals surface area (Å²) in [6.07, 6.45) is 2.19. The van der Waals surface area contributed by atoms with Crippen LogP contribution >= 0.6 is 0 Å². The van der Waals surface area contributed by atoms with Crippen molar-refractivity contribution >= 4 is 11.6 Å². The summed E-state index contributed by atoms with van der Waals surface area (Å²) in [5.41, 5.74) is 5.05. The Bertz CT molecular complexity index is 397. The number of nitrogen functional groups attached to an aromatic ring is 1. The number of halogens is 3. The van der Waals surface area contributed by atoms with E-state index in [-0.39, 0.29) is 20.0 Å². The molecule has 4 nitrogen and oxygen atoms in total. The van der Waals surface area contributed by atoms with Crippen molar-refractivity contribution in [2.45, 2.75) is 25.8 Å². The summed E-state index contributed by atoms with van der Waals surface area (Å²) in [7, 11) is 0. The molecule has 4 N–H and O–H groups in total. The lowest BCUT2D eigenvalue weighted by Gasteiger charge is -2.08. The van der Waals surface area contributed by atoms with Crippen LogP contribution in [0.1, 0.15) is 28.8 Å². The van der Waals surface area contributed by atoms with Crippen molar-refractivity contribution in [1.82, 2.24) is 5.32 Å². The van der Waals surface area contributed by atoms with Crippen LogP contribution in [-0.2, 0) is 0 Å². The predicted molar refractivity (Wildman–Crippen MR) is 67.0 cm³/mol. The molecule has 1 fully saturated rings. The van der Waals surface area contributed by atoms with Gasteiger partial charge in [-0.3, -0.25) is 24.8 Å². The fraction of sp³-hybridized carbons (Fsp3) is 0.364. The first kappa shape index (κ1) is 18.6. The average molecular weight is 265 g/mol. The SMILES string of the molecule is Cc1ccc(C(=O)NC2CC2)cc1NN.F.F.F. The van der Waals surface area contributed by atoms with Crippen LogP contribution in [0.25, 0.3) is 0 Å². The molecule has 0 atom stereocenters. The third-order valence-electron chi connectivity index (χ3n) is 2.57. The number of carbonyl (C=O) groups excluding carboxylic acids is 1. The normalized spacial score (nSPS) is 12.3. The number of nitrogens with two attached hydrogens (primary N) is 1. The average Bonchev–Trinajstić information content (AvgIpc) is 3.02. The smallest absolute Gasteiger partial charge is 0.251 e. The summed E-state index contributed by atoms with van der Waals surface area (Å²) < 4.78 is 0. The van der Waals surface area contributed by atoms with Gasteiger partial charge in [-0.25, -0.2) is 0 Å². The van der Waals surface area contributed by atoms with Gasteiger partial charge in [0.15, 0.2) is 0 Å². The molecule has 1 aliphatic carbocycles. The summed E-state index contributed by atoms with van der Waals surface area (Å²) >= 11 is 0. The second-order valence-corrected chi connectivity index (χ2v) is 3.92. The van der Waals surface area contributed by atoms with Gasteiger partial charge in [-0.15, -0.1) is 0 Å². The Kier molecular flexibility index (Phi) is 7.80. The summed E-state index contributed by atoms with van der Waals surface area (Å²) in [5, 5.41) is 2.93. The molecule has 104 valence electrons. The third kappa shape index (κ3) is 4.25. The Morgan fingerprint density at radius 2 is 1.89 bits per heavy atom. The van der Waals surface area contributed by atoms with E-state index in [4.69, 9.17) is 5.84 Å². The van der Waals surface area contributed by atoms with E-state index in [0.717, 1.165) is 24.1 Å². The van der Waals surface area contributed by atoms with Gasteiger partial charge in [0.2, 0.25) is 0 Å². The van der Waals surface area contributed by atoms with Crippen molar-refractivity contribution in [3.05, 3.63) is 29.3 Å². The minimum absolute atomic E-state index is 0. The summed E-state index contributed by atoms with van der Waals surface area (Å²) in [5.74, 6) is 5.33. The molecule has 0 saturated heterocycles. The van der Waals surface area contributed by atoms with Crippen LogP contribution in [0.4, 0.5) is 19.8 Å². The monoisotopic (exact) mass is 265 g/mol. The van der Waals surface area contributed by atoms with Crippen molar-refractivity contribution in [3.8, 4) is 0 Å². The Hall–Kier alpha value is -1.76. The number of anilines is 1. The van der Waals surface area contributed by atoms with E-state index in [9.17, 15) is 4.79 Å². The minimum Gasteiger partial charge on any atom is -0.349 e. The van der Waals surface area contributed by atoms with Gasteiger partial charge < -0.3 is 10.7 Å². The number of aryl methyl sites for hydroxylation is 1. The number of amides is 1. The molecule has 1 saturated carbocycles. The lowest BCUT2D eigenvalue weighted by atomic mass is 10.1. The van der Waals surface area contributed by atoms with E-state index in [0.29, 0.717) is 11.6 Å². The van der Waals surface area contributed by atoms with Crippen molar-refractivity contribution < 1.29 is 18.9 Å². The number of hydrazine groups is 1. The second-order valence-electron chi connectivity index (χ2n) is 3.92. The zero-order chi connectivity index (χ0) is 10.8. The first-order chi connectivity index (χ1) is 7.20. The quantitative estimate of drug-likeness (QED) is 0.575. The maximum atomic E-state index is 11.7. The van der Waals surface area contributed by atoms with Crippen molar-refractivity contribution in [2.24, 2.45) is 5.84 Å². The largest absolute Gasteiger partial charge is 0.349 e. The highest BCUT2D eigenvalue weighted by Gasteiger charge is 2.23. The van der Waals surface area contributed by atoms with Gasteiger partial charge in [0, 0.05) is 11.6 Å². The third-order valence-corrected chi connectivity index (χ3v) is 2.57. The molecule has 18 heavy (non-hydrogen) atoms. The number of rotatable bonds is 3. The van der Waals surface area contributed by atoms with Crippen LogP contribution in [0, 0.1) is 6.92 Å². The van der Waals surface area contributed by atoms with Gasteiger partial charge in [0.05, 0.1) is 5.69 Å². The molecule has 7 heteroatoms. The van der Waals surface area contributed by atoms with Gasteiger partial charge in [-0.1, -0.05) is 6.07 Å². The topological polar surface area (TPSA) is 67.2 Å². The van der Waals surface area contributed by atoms with Crippen molar-refractivity contribution in [3.63, 3.8) is 0 Å². The molecule has 0 heterocycles. The highest BCUT2D eigenvalue weighted by Crippen LogP contribution is 2.20. The van der Waals surface area contributed by atoms with Crippen LogP contribution in [-0.4, -0.2) is 11.9 Å². The molecule has 1 aliphatic rings. The van der Waals surface area contributed by atoms with Crippen LogP contribution < -0.4 is 16.6 Å². The first-order valence-corrected chi connectivity index (χ1v) is 5.09. The Morgan fingerprint density at radius 3 is 2.39 bits per heavy atom. The van der Waals surface area contributed by atoms with E-state index >= 15 is 0 Å². The van der Waals surface area contributed by atoms with E-state index in [1.165, 1.54) is 0 Å². The Labute approximate surface area is 103 Å². The standard InChI is InChI=1S/C11H15N3O.3FH/c1-7-2-3-8(6-10(7)14-12)11(15)13-9-4-5-9;;;/h2-3,6,9,14H,4-5,12H2,1H3,(H,13,15);3*1H. The fourth-order valence-corrected chi connectivity index (χ4v) is 1.42. The van der Waals surface area contributed by atoms with Gasteiger partial charge in [-0.2, -0.15) is 0 Å². The maximum absolute atomic E-state index is 11.7. The lowest BCUT2D eigenvalue weighted by Crippen LogP contribution is -2.25. The second kappa shape index (κ2) is 7.54. The molecule has 0 bridgehead atoms. The molecule has 0 aromatic heterocycles. The van der Waals surface area contributed by atoms with Crippen molar-refractivity contribution in [2.75, 3.05) is 5.43 Å². The van der Waals surface area contributed by atoms with Crippen LogP contribution in [0.5, 0.6) is 0 Å². The molecule has 1 aromatic rings. The zero-order valence-electron chi connectivity index (χ0n) is 9.93. The first-order valence-electron chi connectivity index (χ1n) is 5.09. The highest BCUT2D eigenvalue weighted by molar-refractivity contribution is 5.95. The van der Waals surface area contributed by atoms with Gasteiger partial charge in [0.1, 0.15) is 0 Å². The summed E-state index contributed by atoms with van der Waals surface area (Å²) in [6, 6.07) is 5.85. The van der Waals surface area contributed by atoms with Gasteiger partial charge >= 0.3 is 0 Å². The Balaban J connectivity index is 0. The molecule has 0 unspecified atom stereocenters. The van der Waals surface area contributed by atoms with E-state index in [1.807, 2.05) is 19.1 Å². The number of hydrogen-bond acceptors (Lipinski definition) is 3. The van der Waals surface area contributed by atoms with Crippen LogP contribution in [0.2, 0.25) is 0 Å². The van der Waals surface area contributed by atoms with Crippen molar-refractivity contribution in [1.29, 1.82) is 0 Å². The summed E-state index contributed by atoms with van der Waals surface area (Å²) in [6.45, 7) is 1.94. The molecule has 2 rings (SSSR count). The molecular weight excluding hydrogens is 247 g/mol. The molecule has 1 amide bonds. The van der Waals surface area contributed by atoms with E-state index < -0.39 is 0 Å². The van der Waals surface area contributed by atoms with Crippen LogP contribution in [0.3, 0.4) is 0 Å². The Morgan fingerprint density at radius 1 is 1.28 bits per heavy atom. The van der Waals surface area contributed by atoms with E-state index in [1.54, 1.807) is 6.07 Å². The number of benzene rings is 1. The zero-order valence-corrected chi connectivity index (χ0v) is 9.93. The van der Waals surface area contributed by atoms with Crippen LogP contribution in [0.15, 0.2) is 18.2 Å². The number of carbonyl (C=O) groups is 1. The number of hydrogen-bond donors (Lipinski definition) is 3. The lowest BCUT2D eigenvalue weighted by molar-refractivity contribution is 0.0951. The fourth-order valence-electron chi connectivity index (χ4n) is 1.42.